The van der Waals surface area contributed by atoms with Crippen molar-refractivity contribution in [2.75, 3.05) is 11.1 Å². The van der Waals surface area contributed by atoms with Crippen LogP contribution in [0, 0.1) is 5.92 Å². The molecule has 104 valence electrons. The van der Waals surface area contributed by atoms with Crippen molar-refractivity contribution in [3.8, 4) is 0 Å². The Labute approximate surface area is 113 Å². The molecule has 0 aliphatic heterocycles. The molecule has 2 atom stereocenters. The van der Waals surface area contributed by atoms with Crippen LogP contribution in [-0.4, -0.2) is 22.1 Å². The fourth-order valence-electron chi connectivity index (χ4n) is 2.84. The van der Waals surface area contributed by atoms with E-state index < -0.39 is 5.97 Å². The van der Waals surface area contributed by atoms with Crippen LogP contribution in [0.25, 0.3) is 0 Å². The Morgan fingerprint density at radius 2 is 2.26 bits per heavy atom. The maximum atomic E-state index is 11.1. The highest BCUT2D eigenvalue weighted by molar-refractivity contribution is 5.96. The van der Waals surface area contributed by atoms with E-state index in [0.29, 0.717) is 17.8 Å². The summed E-state index contributed by atoms with van der Waals surface area (Å²) in [6.07, 6.45) is 7.40. The topological polar surface area (TPSA) is 88.2 Å². The molecule has 1 aliphatic rings. The Morgan fingerprint density at radius 3 is 2.95 bits per heavy atom. The van der Waals surface area contributed by atoms with Crippen LogP contribution >= 0.6 is 0 Å². The number of nitrogens with one attached hydrogen (secondary N) is 1. The average Bonchev–Trinajstić information content (AvgIpc) is 2.41. The van der Waals surface area contributed by atoms with Gasteiger partial charge in [-0.1, -0.05) is 26.2 Å². The van der Waals surface area contributed by atoms with Crippen molar-refractivity contribution < 1.29 is 9.90 Å². The molecule has 0 amide bonds. The zero-order valence-corrected chi connectivity index (χ0v) is 11.2. The molecule has 2 rings (SSSR count). The van der Waals surface area contributed by atoms with Gasteiger partial charge in [0.05, 0.1) is 11.3 Å². The third-order valence-corrected chi connectivity index (χ3v) is 3.98. The molecule has 0 saturated heterocycles. The standard InChI is InChI=1S/C14H21N3O2/c1-2-9-5-3-4-6-11(9)17-13-12(15)10(14(18)19)7-8-16-13/h7-9,11H,2-6,15H2,1H3,(H,16,17)(H,18,19). The van der Waals surface area contributed by atoms with Gasteiger partial charge >= 0.3 is 5.97 Å². The zero-order valence-electron chi connectivity index (χ0n) is 11.2. The van der Waals surface area contributed by atoms with Crippen LogP contribution in [0.2, 0.25) is 0 Å². The number of anilines is 2. The minimum Gasteiger partial charge on any atom is -0.478 e. The first-order chi connectivity index (χ1) is 9.13. The van der Waals surface area contributed by atoms with Crippen LogP contribution in [0.3, 0.4) is 0 Å². The molecule has 19 heavy (non-hydrogen) atoms. The number of rotatable bonds is 4. The Bertz CT molecular complexity index is 462. The summed E-state index contributed by atoms with van der Waals surface area (Å²) in [5.41, 5.74) is 6.23. The van der Waals surface area contributed by atoms with Gasteiger partial charge in [0.1, 0.15) is 5.82 Å². The van der Waals surface area contributed by atoms with Crippen molar-refractivity contribution >= 4 is 17.5 Å². The molecule has 5 heteroatoms. The fraction of sp³-hybridized carbons (Fsp3) is 0.571. The third-order valence-electron chi connectivity index (χ3n) is 3.98. The first-order valence-electron chi connectivity index (χ1n) is 6.87. The smallest absolute Gasteiger partial charge is 0.337 e. The van der Waals surface area contributed by atoms with Gasteiger partial charge in [-0.05, 0) is 24.8 Å². The second kappa shape index (κ2) is 5.91. The lowest BCUT2D eigenvalue weighted by atomic mass is 9.83. The lowest BCUT2D eigenvalue weighted by Crippen LogP contribution is -2.32. The molecule has 0 radical (unpaired) electrons. The van der Waals surface area contributed by atoms with E-state index in [1.165, 1.54) is 31.5 Å². The summed E-state index contributed by atoms with van der Waals surface area (Å²) in [5.74, 6) is 0.104. The zero-order chi connectivity index (χ0) is 13.8. The van der Waals surface area contributed by atoms with Gasteiger partial charge < -0.3 is 16.2 Å². The number of pyridine rings is 1. The number of carbonyl (C=O) groups is 1. The van der Waals surface area contributed by atoms with E-state index in [1.54, 1.807) is 0 Å². The molecular formula is C14H21N3O2. The van der Waals surface area contributed by atoms with Crippen LogP contribution in [0.1, 0.15) is 49.4 Å². The van der Waals surface area contributed by atoms with E-state index in [4.69, 9.17) is 10.8 Å². The quantitative estimate of drug-likeness (QED) is 0.777. The van der Waals surface area contributed by atoms with E-state index in [1.807, 2.05) is 0 Å². The summed E-state index contributed by atoms with van der Waals surface area (Å²) in [5, 5.41) is 12.4. The number of aromatic nitrogens is 1. The molecular weight excluding hydrogens is 242 g/mol. The maximum Gasteiger partial charge on any atom is 0.337 e. The Morgan fingerprint density at radius 1 is 1.53 bits per heavy atom. The average molecular weight is 263 g/mol. The van der Waals surface area contributed by atoms with Crippen LogP contribution in [0.4, 0.5) is 11.5 Å². The summed E-state index contributed by atoms with van der Waals surface area (Å²) in [6, 6.07) is 1.78. The van der Waals surface area contributed by atoms with Gasteiger partial charge in [0.15, 0.2) is 0 Å². The Balaban J connectivity index is 2.18. The largest absolute Gasteiger partial charge is 0.478 e. The van der Waals surface area contributed by atoms with Gasteiger partial charge in [-0.2, -0.15) is 0 Å². The second-order valence-electron chi connectivity index (χ2n) is 5.13. The Hall–Kier alpha value is -1.78. The van der Waals surface area contributed by atoms with Crippen LogP contribution in [-0.2, 0) is 0 Å². The molecule has 1 aromatic rings. The Kier molecular flexibility index (Phi) is 4.24. The summed E-state index contributed by atoms with van der Waals surface area (Å²) in [4.78, 5) is 15.2. The number of hydrogen-bond donors (Lipinski definition) is 3. The molecule has 0 spiro atoms. The van der Waals surface area contributed by atoms with Gasteiger partial charge in [0, 0.05) is 12.2 Å². The van der Waals surface area contributed by atoms with E-state index in [2.05, 4.69) is 17.2 Å². The second-order valence-corrected chi connectivity index (χ2v) is 5.13. The molecule has 0 bridgehead atoms. The summed E-state index contributed by atoms with van der Waals surface area (Å²) in [7, 11) is 0. The number of carboxylic acids is 1. The van der Waals surface area contributed by atoms with Crippen molar-refractivity contribution in [3.63, 3.8) is 0 Å². The predicted octanol–water partition coefficient (Wildman–Crippen LogP) is 2.74. The van der Waals surface area contributed by atoms with Crippen molar-refractivity contribution in [2.24, 2.45) is 5.92 Å². The van der Waals surface area contributed by atoms with E-state index in [9.17, 15) is 4.79 Å². The summed E-state index contributed by atoms with van der Waals surface area (Å²) < 4.78 is 0. The molecule has 1 aliphatic carbocycles. The molecule has 2 unspecified atom stereocenters. The molecule has 5 nitrogen and oxygen atoms in total. The minimum atomic E-state index is -1.02. The van der Waals surface area contributed by atoms with Crippen molar-refractivity contribution in [1.29, 1.82) is 0 Å². The SMILES string of the molecule is CCC1CCCCC1Nc1nccc(C(=O)O)c1N. The lowest BCUT2D eigenvalue weighted by Gasteiger charge is -2.32. The first kappa shape index (κ1) is 13.6. The molecule has 1 aromatic heterocycles. The van der Waals surface area contributed by atoms with Crippen LogP contribution < -0.4 is 11.1 Å². The van der Waals surface area contributed by atoms with Crippen molar-refractivity contribution in [1.82, 2.24) is 4.98 Å². The molecule has 0 aromatic carbocycles. The number of hydrogen-bond acceptors (Lipinski definition) is 4. The van der Waals surface area contributed by atoms with Crippen LogP contribution in [0.15, 0.2) is 12.3 Å². The molecule has 1 fully saturated rings. The number of nitrogens with zero attached hydrogens (tertiary/aromatic N) is 1. The minimum absolute atomic E-state index is 0.112. The van der Waals surface area contributed by atoms with Gasteiger partial charge in [0.2, 0.25) is 0 Å². The van der Waals surface area contributed by atoms with E-state index in [-0.39, 0.29) is 11.3 Å². The maximum absolute atomic E-state index is 11.1. The molecule has 4 N–H and O–H groups in total. The molecule has 1 saturated carbocycles. The lowest BCUT2D eigenvalue weighted by molar-refractivity contribution is 0.0698. The first-order valence-corrected chi connectivity index (χ1v) is 6.87. The highest BCUT2D eigenvalue weighted by atomic mass is 16.4. The summed E-state index contributed by atoms with van der Waals surface area (Å²) >= 11 is 0. The highest BCUT2D eigenvalue weighted by Gasteiger charge is 2.25. The van der Waals surface area contributed by atoms with Gasteiger partial charge in [0.25, 0.3) is 0 Å². The monoisotopic (exact) mass is 263 g/mol. The number of aromatic carboxylic acids is 1. The van der Waals surface area contributed by atoms with E-state index in [0.717, 1.165) is 12.8 Å². The normalized spacial score (nSPS) is 23.0. The highest BCUT2D eigenvalue weighted by Crippen LogP contribution is 2.30. The summed E-state index contributed by atoms with van der Waals surface area (Å²) in [6.45, 7) is 2.19. The van der Waals surface area contributed by atoms with Gasteiger partial charge in [-0.25, -0.2) is 9.78 Å². The number of nitrogens with two attached hydrogens (primary N) is 1. The van der Waals surface area contributed by atoms with Crippen LogP contribution in [0.5, 0.6) is 0 Å². The predicted molar refractivity (Wildman–Crippen MR) is 75.3 cm³/mol. The number of nitrogen functional groups attached to an aromatic ring is 1. The van der Waals surface area contributed by atoms with Gasteiger partial charge in [-0.3, -0.25) is 0 Å². The third kappa shape index (κ3) is 2.97. The fourth-order valence-corrected chi connectivity index (χ4v) is 2.84. The number of carboxylic acid groups (broad SMARTS) is 1. The van der Waals surface area contributed by atoms with E-state index >= 15 is 0 Å². The molecule has 1 heterocycles. The van der Waals surface area contributed by atoms with Crippen molar-refractivity contribution in [2.45, 2.75) is 45.1 Å². The van der Waals surface area contributed by atoms with Crippen molar-refractivity contribution in [3.05, 3.63) is 17.8 Å². The van der Waals surface area contributed by atoms with Gasteiger partial charge in [-0.15, -0.1) is 0 Å².